The molecule has 13 nitrogen and oxygen atoms in total. The maximum Gasteiger partial charge on any atom is 0.338 e. The maximum atomic E-state index is 13.0. The lowest BCUT2D eigenvalue weighted by Gasteiger charge is -2.43. The second-order valence-electron chi connectivity index (χ2n) is 9.36. The predicted molar refractivity (Wildman–Crippen MR) is 119 cm³/mol. The third kappa shape index (κ3) is 4.25. The summed E-state index contributed by atoms with van der Waals surface area (Å²) in [5, 5.41) is 50.2. The van der Waals surface area contributed by atoms with Crippen LogP contribution in [0.25, 0.3) is 0 Å². The van der Waals surface area contributed by atoms with Crippen molar-refractivity contribution in [2.45, 2.75) is 54.8 Å². The molecule has 204 valence electrons. The number of carbonyl (C=O) groups is 1. The molecule has 1 aliphatic carbocycles. The monoisotopic (exact) mass is 526 g/mol. The van der Waals surface area contributed by atoms with Crippen LogP contribution >= 0.6 is 0 Å². The molecule has 1 saturated carbocycles. The Bertz CT molecular complexity index is 1030. The van der Waals surface area contributed by atoms with Crippen LogP contribution < -0.4 is 9.47 Å². The summed E-state index contributed by atoms with van der Waals surface area (Å²) in [7, 11) is 2.93. The number of epoxide rings is 1. The van der Waals surface area contributed by atoms with Gasteiger partial charge in [-0.2, -0.15) is 0 Å². The Morgan fingerprint density at radius 3 is 2.46 bits per heavy atom. The minimum absolute atomic E-state index is 0.224. The average molecular weight is 526 g/mol. The lowest BCUT2D eigenvalue weighted by atomic mass is 9.85. The van der Waals surface area contributed by atoms with Crippen LogP contribution in [0.15, 0.2) is 30.5 Å². The van der Waals surface area contributed by atoms with E-state index < -0.39 is 85.8 Å². The molecule has 0 radical (unpaired) electrons. The van der Waals surface area contributed by atoms with Crippen molar-refractivity contribution in [2.24, 2.45) is 11.8 Å². The Morgan fingerprint density at radius 1 is 1.03 bits per heavy atom. The van der Waals surface area contributed by atoms with Crippen LogP contribution in [0.2, 0.25) is 0 Å². The van der Waals surface area contributed by atoms with E-state index in [2.05, 4.69) is 0 Å². The van der Waals surface area contributed by atoms with Crippen molar-refractivity contribution in [1.82, 2.24) is 0 Å². The third-order valence-corrected chi connectivity index (χ3v) is 7.46. The SMILES string of the molecule is COc1ccc(C(=O)O[C@@H]2[C@H]3C=CO[C@H](O[C@@H]4O[C@H](CO)[C@@H](O)[C@H](O)[C@H]4O)[C@@H]3[C@@]3(CO)O[C@@H]23)cc1OC. The van der Waals surface area contributed by atoms with Crippen molar-refractivity contribution in [3.8, 4) is 11.5 Å². The molecule has 0 unspecified atom stereocenters. The van der Waals surface area contributed by atoms with Crippen LogP contribution in [0.3, 0.4) is 0 Å². The molecule has 11 atom stereocenters. The van der Waals surface area contributed by atoms with Crippen molar-refractivity contribution >= 4 is 5.97 Å². The molecule has 37 heavy (non-hydrogen) atoms. The number of hydrogen-bond donors (Lipinski definition) is 5. The van der Waals surface area contributed by atoms with Gasteiger partial charge in [-0.1, -0.05) is 0 Å². The van der Waals surface area contributed by atoms with Gasteiger partial charge in [-0.05, 0) is 24.3 Å². The highest BCUT2D eigenvalue weighted by atomic mass is 16.8. The van der Waals surface area contributed by atoms with Crippen LogP contribution in [0.5, 0.6) is 11.5 Å². The van der Waals surface area contributed by atoms with Crippen molar-refractivity contribution in [1.29, 1.82) is 0 Å². The molecule has 3 fully saturated rings. The van der Waals surface area contributed by atoms with Gasteiger partial charge < -0.3 is 58.7 Å². The normalized spacial score (nSPS) is 41.8. The Morgan fingerprint density at radius 2 is 1.78 bits per heavy atom. The summed E-state index contributed by atoms with van der Waals surface area (Å²) in [6, 6.07) is 4.61. The van der Waals surface area contributed by atoms with E-state index in [1.807, 2.05) is 0 Å². The van der Waals surface area contributed by atoms with Crippen molar-refractivity contribution < 1.29 is 63.5 Å². The highest BCUT2D eigenvalue weighted by Gasteiger charge is 2.77. The van der Waals surface area contributed by atoms with Crippen LogP contribution in [-0.4, -0.2) is 114 Å². The molecule has 0 amide bonds. The molecule has 0 spiro atoms. The second-order valence-corrected chi connectivity index (χ2v) is 9.36. The molecule has 0 aromatic heterocycles. The lowest BCUT2D eigenvalue weighted by molar-refractivity contribution is -0.344. The molecular formula is C24H30O13. The van der Waals surface area contributed by atoms with Gasteiger partial charge in [0.25, 0.3) is 0 Å². The fraction of sp³-hybridized carbons (Fsp3) is 0.625. The summed E-state index contributed by atoms with van der Waals surface area (Å²) in [6.07, 6.45) is -7.02. The van der Waals surface area contributed by atoms with Gasteiger partial charge in [0.1, 0.15) is 42.2 Å². The highest BCUT2D eigenvalue weighted by molar-refractivity contribution is 5.90. The largest absolute Gasteiger partial charge is 0.493 e. The van der Waals surface area contributed by atoms with Crippen molar-refractivity contribution in [2.75, 3.05) is 27.4 Å². The van der Waals surface area contributed by atoms with E-state index >= 15 is 0 Å². The summed E-state index contributed by atoms with van der Waals surface area (Å²) in [5.41, 5.74) is -0.918. The van der Waals surface area contributed by atoms with Gasteiger partial charge in [-0.15, -0.1) is 0 Å². The van der Waals surface area contributed by atoms with Crippen LogP contribution in [0.4, 0.5) is 0 Å². The van der Waals surface area contributed by atoms with Crippen molar-refractivity contribution in [3.05, 3.63) is 36.1 Å². The first kappa shape index (κ1) is 26.1. The zero-order valence-electron chi connectivity index (χ0n) is 20.1. The van der Waals surface area contributed by atoms with E-state index in [0.717, 1.165) is 0 Å². The second kappa shape index (κ2) is 10.0. The Balaban J connectivity index is 1.34. The number of benzene rings is 1. The molecule has 3 aliphatic heterocycles. The van der Waals surface area contributed by atoms with Gasteiger partial charge >= 0.3 is 5.97 Å². The molecule has 13 heteroatoms. The fourth-order valence-corrected chi connectivity index (χ4v) is 5.44. The number of ether oxygens (including phenoxy) is 7. The number of methoxy groups -OCH3 is 2. The lowest BCUT2D eigenvalue weighted by Crippen LogP contribution is -2.60. The number of fused-ring (bicyclic) bond motifs is 3. The summed E-state index contributed by atoms with van der Waals surface area (Å²) < 4.78 is 39.0. The number of aliphatic hydroxyl groups is 5. The van der Waals surface area contributed by atoms with E-state index in [9.17, 15) is 30.3 Å². The molecule has 1 aromatic rings. The Labute approximate surface area is 211 Å². The first-order chi connectivity index (χ1) is 17.8. The van der Waals surface area contributed by atoms with Crippen LogP contribution in [0, 0.1) is 11.8 Å². The number of aliphatic hydroxyl groups excluding tert-OH is 5. The van der Waals surface area contributed by atoms with Crippen molar-refractivity contribution in [3.63, 3.8) is 0 Å². The van der Waals surface area contributed by atoms with Gasteiger partial charge in [0.05, 0.1) is 45.2 Å². The molecule has 3 heterocycles. The van der Waals surface area contributed by atoms with Gasteiger partial charge in [0.2, 0.25) is 6.29 Å². The molecule has 1 aromatic carbocycles. The minimum Gasteiger partial charge on any atom is -0.493 e. The van der Waals surface area contributed by atoms with E-state index in [4.69, 9.17) is 33.2 Å². The van der Waals surface area contributed by atoms with Crippen LogP contribution in [-0.2, 0) is 23.7 Å². The molecule has 4 aliphatic rings. The van der Waals surface area contributed by atoms with E-state index in [1.54, 1.807) is 12.1 Å². The first-order valence-electron chi connectivity index (χ1n) is 11.8. The maximum absolute atomic E-state index is 13.0. The summed E-state index contributed by atoms with van der Waals surface area (Å²) in [6.45, 7) is -1.04. The topological polar surface area (TPSA) is 186 Å². The number of rotatable bonds is 8. The summed E-state index contributed by atoms with van der Waals surface area (Å²) in [4.78, 5) is 13.0. The molecule has 5 rings (SSSR count). The van der Waals surface area contributed by atoms with E-state index in [0.29, 0.717) is 11.5 Å². The molecule has 0 bridgehead atoms. The number of carbonyl (C=O) groups excluding carboxylic acids is 1. The number of hydrogen-bond acceptors (Lipinski definition) is 13. The predicted octanol–water partition coefficient (Wildman–Crippen LogP) is -1.71. The minimum atomic E-state index is -1.65. The van der Waals surface area contributed by atoms with Crippen LogP contribution in [0.1, 0.15) is 10.4 Å². The first-order valence-corrected chi connectivity index (χ1v) is 11.8. The number of esters is 1. The molecule has 5 N–H and O–H groups in total. The molecular weight excluding hydrogens is 496 g/mol. The Hall–Kier alpha value is -2.49. The third-order valence-electron chi connectivity index (χ3n) is 7.46. The average Bonchev–Trinajstić information content (AvgIpc) is 3.60. The summed E-state index contributed by atoms with van der Waals surface area (Å²) in [5.74, 6) is -1.00. The fourth-order valence-electron chi connectivity index (χ4n) is 5.44. The smallest absolute Gasteiger partial charge is 0.338 e. The highest BCUT2D eigenvalue weighted by Crippen LogP contribution is 2.60. The van der Waals surface area contributed by atoms with Gasteiger partial charge in [-0.3, -0.25) is 0 Å². The zero-order chi connectivity index (χ0) is 26.5. The quantitative estimate of drug-likeness (QED) is 0.191. The zero-order valence-corrected chi connectivity index (χ0v) is 20.1. The van der Waals surface area contributed by atoms with Gasteiger partial charge in [0.15, 0.2) is 17.8 Å². The van der Waals surface area contributed by atoms with Gasteiger partial charge in [-0.25, -0.2) is 4.79 Å². The molecule has 2 saturated heterocycles. The Kier molecular flexibility index (Phi) is 7.06. The van der Waals surface area contributed by atoms with E-state index in [-0.39, 0.29) is 5.56 Å². The van der Waals surface area contributed by atoms with Gasteiger partial charge in [0, 0.05) is 5.92 Å². The summed E-state index contributed by atoms with van der Waals surface area (Å²) >= 11 is 0. The standard InChI is InChI=1S/C24H30O13/c1-31-12-4-3-10(7-13(12)32-2)21(30)35-19-11-5-6-33-22(15(11)24(9-26)20(19)37-24)36-23-18(29)17(28)16(27)14(8-25)34-23/h3-7,11,14-20,22-23,25-29H,8-9H2,1-2H3/t11-,14+,15+,16+,17-,18+,19+,20-,22+,23-,24+/m0/s1. The van der Waals surface area contributed by atoms with E-state index in [1.165, 1.54) is 32.6 Å².